The molecule has 6 atom stereocenters. The standard InChI is InChI=1S/C24H29F3O5/c1-15-11-21-20(13-22(28)32-21)19(15)9-8-18(31-23-7-2-3-10-29-23)14-30-17-6-4-5-16(12-17)24(25,26)27/h4-6,8-9,12,15,18-21,23H,2-3,7,10-11,13-14H2,1H3/b9-8+/t15-,18-,19+,20-,21+,23?/m1/s1. The first-order valence-corrected chi connectivity index (χ1v) is 11.2. The van der Waals surface area contributed by atoms with Crippen LogP contribution in [0.5, 0.6) is 5.75 Å². The van der Waals surface area contributed by atoms with Gasteiger partial charge in [0, 0.05) is 12.5 Å². The summed E-state index contributed by atoms with van der Waals surface area (Å²) in [4.78, 5) is 11.7. The summed E-state index contributed by atoms with van der Waals surface area (Å²) in [5.74, 6) is 0.686. The van der Waals surface area contributed by atoms with E-state index in [0.717, 1.165) is 37.8 Å². The van der Waals surface area contributed by atoms with Gasteiger partial charge in [-0.25, -0.2) is 0 Å². The Balaban J connectivity index is 1.44. The van der Waals surface area contributed by atoms with Gasteiger partial charge in [-0.15, -0.1) is 0 Å². The van der Waals surface area contributed by atoms with E-state index in [9.17, 15) is 18.0 Å². The summed E-state index contributed by atoms with van der Waals surface area (Å²) in [6.45, 7) is 2.82. The molecule has 0 radical (unpaired) electrons. The summed E-state index contributed by atoms with van der Waals surface area (Å²) >= 11 is 0. The van der Waals surface area contributed by atoms with Crippen molar-refractivity contribution >= 4 is 5.97 Å². The van der Waals surface area contributed by atoms with Crippen molar-refractivity contribution in [3.8, 4) is 5.75 Å². The molecule has 176 valence electrons. The smallest absolute Gasteiger partial charge is 0.416 e. The predicted octanol–water partition coefficient (Wildman–Crippen LogP) is 5.14. The van der Waals surface area contributed by atoms with Crippen LogP contribution < -0.4 is 4.74 Å². The molecule has 1 aromatic rings. The number of allylic oxidation sites excluding steroid dienone is 1. The van der Waals surface area contributed by atoms with Crippen molar-refractivity contribution in [3.05, 3.63) is 42.0 Å². The Hall–Kier alpha value is -2.06. The van der Waals surface area contributed by atoms with Crippen molar-refractivity contribution in [3.63, 3.8) is 0 Å². The normalized spacial score (nSPS) is 31.5. The third kappa shape index (κ3) is 5.64. The van der Waals surface area contributed by atoms with Crippen LogP contribution in [-0.2, 0) is 25.2 Å². The topological polar surface area (TPSA) is 54.0 Å². The zero-order chi connectivity index (χ0) is 22.7. The number of hydrogen-bond donors (Lipinski definition) is 0. The van der Waals surface area contributed by atoms with Gasteiger partial charge in [0.05, 0.1) is 12.0 Å². The monoisotopic (exact) mass is 454 g/mol. The van der Waals surface area contributed by atoms with Gasteiger partial charge in [0.15, 0.2) is 6.29 Å². The first-order valence-electron chi connectivity index (χ1n) is 11.2. The van der Waals surface area contributed by atoms with Gasteiger partial charge in [-0.2, -0.15) is 13.2 Å². The lowest BCUT2D eigenvalue weighted by atomic mass is 9.88. The van der Waals surface area contributed by atoms with Gasteiger partial charge in [0.2, 0.25) is 0 Å². The lowest BCUT2D eigenvalue weighted by Gasteiger charge is -2.27. The highest BCUT2D eigenvalue weighted by Crippen LogP contribution is 2.45. The van der Waals surface area contributed by atoms with Crippen molar-refractivity contribution < 1.29 is 36.9 Å². The third-order valence-electron chi connectivity index (χ3n) is 6.51. The van der Waals surface area contributed by atoms with Gasteiger partial charge < -0.3 is 18.9 Å². The Kier molecular flexibility index (Phi) is 7.10. The molecule has 0 bridgehead atoms. The number of hydrogen-bond acceptors (Lipinski definition) is 5. The second kappa shape index (κ2) is 9.83. The average Bonchev–Trinajstić information content (AvgIpc) is 3.25. The molecule has 1 saturated carbocycles. The fraction of sp³-hybridized carbons (Fsp3) is 0.625. The molecule has 4 rings (SSSR count). The van der Waals surface area contributed by atoms with Gasteiger partial charge in [-0.05, 0) is 55.7 Å². The van der Waals surface area contributed by atoms with Crippen LogP contribution in [0.3, 0.4) is 0 Å². The zero-order valence-corrected chi connectivity index (χ0v) is 18.1. The molecule has 3 aliphatic rings. The summed E-state index contributed by atoms with van der Waals surface area (Å²) < 4.78 is 61.9. The molecule has 2 saturated heterocycles. The van der Waals surface area contributed by atoms with Crippen LogP contribution in [0, 0.1) is 17.8 Å². The molecule has 3 fully saturated rings. The molecule has 0 N–H and O–H groups in total. The van der Waals surface area contributed by atoms with Crippen LogP contribution in [0.15, 0.2) is 36.4 Å². The molecule has 0 spiro atoms. The molecule has 5 nitrogen and oxygen atoms in total. The highest BCUT2D eigenvalue weighted by atomic mass is 19.4. The molecule has 32 heavy (non-hydrogen) atoms. The maximum absolute atomic E-state index is 13.0. The molecule has 8 heteroatoms. The molecule has 2 heterocycles. The number of carbonyl (C=O) groups is 1. The molecule has 1 unspecified atom stereocenters. The van der Waals surface area contributed by atoms with Crippen LogP contribution in [0.25, 0.3) is 0 Å². The Morgan fingerprint density at radius 1 is 1.28 bits per heavy atom. The number of alkyl halides is 3. The highest BCUT2D eigenvalue weighted by Gasteiger charge is 2.47. The van der Waals surface area contributed by atoms with Gasteiger partial charge >= 0.3 is 12.1 Å². The van der Waals surface area contributed by atoms with E-state index in [2.05, 4.69) is 13.0 Å². The quantitative estimate of drug-likeness (QED) is 0.422. The number of ether oxygens (including phenoxy) is 4. The number of halogens is 3. The summed E-state index contributed by atoms with van der Waals surface area (Å²) in [7, 11) is 0. The average molecular weight is 454 g/mol. The van der Waals surface area contributed by atoms with E-state index < -0.39 is 17.8 Å². The number of fused-ring (bicyclic) bond motifs is 1. The Morgan fingerprint density at radius 3 is 2.88 bits per heavy atom. The van der Waals surface area contributed by atoms with Crippen molar-refractivity contribution in [1.82, 2.24) is 0 Å². The Morgan fingerprint density at radius 2 is 2.12 bits per heavy atom. The minimum Gasteiger partial charge on any atom is -0.491 e. The largest absolute Gasteiger partial charge is 0.491 e. The number of rotatable bonds is 7. The van der Waals surface area contributed by atoms with E-state index in [-0.39, 0.29) is 42.6 Å². The first kappa shape index (κ1) is 23.1. The molecular formula is C24H29F3O5. The lowest BCUT2D eigenvalue weighted by molar-refractivity contribution is -0.182. The number of esters is 1. The van der Waals surface area contributed by atoms with Crippen molar-refractivity contribution in [1.29, 1.82) is 0 Å². The fourth-order valence-electron chi connectivity index (χ4n) is 4.86. The predicted molar refractivity (Wildman–Crippen MR) is 110 cm³/mol. The van der Waals surface area contributed by atoms with Crippen LogP contribution in [-0.4, -0.2) is 37.7 Å². The zero-order valence-electron chi connectivity index (χ0n) is 18.1. The second-order valence-corrected chi connectivity index (χ2v) is 8.88. The highest BCUT2D eigenvalue weighted by molar-refractivity contribution is 5.72. The van der Waals surface area contributed by atoms with E-state index in [1.165, 1.54) is 12.1 Å². The first-order chi connectivity index (χ1) is 15.3. The molecule has 1 aliphatic carbocycles. The molecule has 0 amide bonds. The third-order valence-corrected chi connectivity index (χ3v) is 6.51. The fourth-order valence-corrected chi connectivity index (χ4v) is 4.86. The molecule has 1 aromatic carbocycles. The minimum atomic E-state index is -4.43. The molecule has 2 aliphatic heterocycles. The van der Waals surface area contributed by atoms with Crippen LogP contribution in [0.4, 0.5) is 13.2 Å². The maximum atomic E-state index is 13.0. The maximum Gasteiger partial charge on any atom is 0.416 e. The van der Waals surface area contributed by atoms with Crippen molar-refractivity contribution in [2.45, 2.75) is 63.7 Å². The van der Waals surface area contributed by atoms with Crippen LogP contribution in [0.1, 0.15) is 44.6 Å². The van der Waals surface area contributed by atoms with E-state index >= 15 is 0 Å². The van der Waals surface area contributed by atoms with E-state index in [0.29, 0.717) is 18.9 Å². The van der Waals surface area contributed by atoms with Crippen molar-refractivity contribution in [2.24, 2.45) is 17.8 Å². The van der Waals surface area contributed by atoms with E-state index in [1.54, 1.807) is 0 Å². The summed E-state index contributed by atoms with van der Waals surface area (Å²) in [6, 6.07) is 4.83. The minimum absolute atomic E-state index is 0.0328. The van der Waals surface area contributed by atoms with Gasteiger partial charge in [-0.3, -0.25) is 4.79 Å². The summed E-state index contributed by atoms with van der Waals surface area (Å²) in [5.41, 5.74) is -0.754. The Bertz CT molecular complexity index is 818. The number of benzene rings is 1. The molecule has 0 aromatic heterocycles. The molecular weight excluding hydrogens is 425 g/mol. The van der Waals surface area contributed by atoms with Gasteiger partial charge in [-0.1, -0.05) is 25.1 Å². The summed E-state index contributed by atoms with van der Waals surface area (Å²) in [5, 5.41) is 0. The van der Waals surface area contributed by atoms with Crippen molar-refractivity contribution in [2.75, 3.05) is 13.2 Å². The van der Waals surface area contributed by atoms with Gasteiger partial charge in [0.1, 0.15) is 24.6 Å². The van der Waals surface area contributed by atoms with Gasteiger partial charge in [0.25, 0.3) is 0 Å². The van der Waals surface area contributed by atoms with E-state index in [1.807, 2.05) is 6.08 Å². The SMILES string of the molecule is C[C@@H]1C[C@@H]2OC(=O)C[C@@H]2[C@H]1/C=C/[C@H](COc1cccc(C(F)(F)F)c1)OC1CCCCO1. The Labute approximate surface area is 185 Å². The summed E-state index contributed by atoms with van der Waals surface area (Å²) in [6.07, 6.45) is 2.64. The number of carbonyl (C=O) groups excluding carboxylic acids is 1. The van der Waals surface area contributed by atoms with E-state index in [4.69, 9.17) is 18.9 Å². The second-order valence-electron chi connectivity index (χ2n) is 8.88. The van der Waals surface area contributed by atoms with Crippen LogP contribution in [0.2, 0.25) is 0 Å². The lowest BCUT2D eigenvalue weighted by Crippen LogP contribution is -2.30. The van der Waals surface area contributed by atoms with Crippen LogP contribution >= 0.6 is 0 Å².